The van der Waals surface area contributed by atoms with Gasteiger partial charge in [0.25, 0.3) is 0 Å². The van der Waals surface area contributed by atoms with Crippen LogP contribution in [0.25, 0.3) is 11.1 Å². The van der Waals surface area contributed by atoms with E-state index in [4.69, 9.17) is 19.3 Å². The van der Waals surface area contributed by atoms with E-state index < -0.39 is 18.2 Å². The van der Waals surface area contributed by atoms with E-state index in [1.165, 1.54) is 16.0 Å². The van der Waals surface area contributed by atoms with Crippen molar-refractivity contribution in [2.75, 3.05) is 39.5 Å². The lowest BCUT2D eigenvalue weighted by atomic mass is 9.98. The largest absolute Gasteiger partial charge is 0.479 e. The molecule has 0 spiro atoms. The minimum atomic E-state index is -1.07. The first-order valence-electron chi connectivity index (χ1n) is 11.8. The summed E-state index contributed by atoms with van der Waals surface area (Å²) in [4.78, 5) is 37.9. The zero-order valence-electron chi connectivity index (χ0n) is 19.2. The number of hydrogen-bond acceptors (Lipinski definition) is 6. The van der Waals surface area contributed by atoms with E-state index in [0.717, 1.165) is 11.1 Å². The average molecular weight is 481 g/mol. The maximum Gasteiger partial charge on any atom is 0.407 e. The summed E-state index contributed by atoms with van der Waals surface area (Å²) in [5, 5.41) is 11.9. The summed E-state index contributed by atoms with van der Waals surface area (Å²) < 4.78 is 16.4. The van der Waals surface area contributed by atoms with E-state index in [2.05, 4.69) is 29.6 Å². The first-order chi connectivity index (χ1) is 17.0. The van der Waals surface area contributed by atoms with Gasteiger partial charge in [-0.15, -0.1) is 0 Å². The van der Waals surface area contributed by atoms with Crippen LogP contribution in [0.3, 0.4) is 0 Å². The van der Waals surface area contributed by atoms with Gasteiger partial charge in [0, 0.05) is 19.0 Å². The van der Waals surface area contributed by atoms with Gasteiger partial charge in [0.2, 0.25) is 5.91 Å². The molecule has 9 nitrogen and oxygen atoms in total. The van der Waals surface area contributed by atoms with Crippen LogP contribution in [-0.4, -0.2) is 79.6 Å². The first kappa shape index (κ1) is 23.3. The molecule has 0 radical (unpaired) electrons. The van der Waals surface area contributed by atoms with Gasteiger partial charge in [0.1, 0.15) is 6.61 Å². The molecule has 2 aromatic carbocycles. The third kappa shape index (κ3) is 4.87. The first-order valence-corrected chi connectivity index (χ1v) is 11.8. The molecule has 0 aromatic heterocycles. The second-order valence-corrected chi connectivity index (χ2v) is 9.08. The van der Waals surface area contributed by atoms with Gasteiger partial charge < -0.3 is 29.5 Å². The van der Waals surface area contributed by atoms with Crippen LogP contribution in [0.15, 0.2) is 48.5 Å². The Balaban J connectivity index is 1.09. The SMILES string of the molecule is O=C(NCC1CC(C(=O)N2CCOC(C(=O)O)C2)CO1)OCC1c2ccccc2-c2ccccc21. The van der Waals surface area contributed by atoms with Crippen LogP contribution >= 0.6 is 0 Å². The molecule has 0 bridgehead atoms. The molecular weight excluding hydrogens is 452 g/mol. The van der Waals surface area contributed by atoms with Crippen LogP contribution in [0.1, 0.15) is 23.5 Å². The number of amides is 2. The van der Waals surface area contributed by atoms with Crippen molar-refractivity contribution in [1.29, 1.82) is 0 Å². The van der Waals surface area contributed by atoms with Crippen molar-refractivity contribution < 1.29 is 33.7 Å². The van der Waals surface area contributed by atoms with Gasteiger partial charge in [0.15, 0.2) is 6.10 Å². The number of fused-ring (bicyclic) bond motifs is 3. The molecule has 2 aromatic rings. The molecular formula is C26H28N2O7. The van der Waals surface area contributed by atoms with Crippen LogP contribution < -0.4 is 5.32 Å². The number of nitrogens with one attached hydrogen (secondary N) is 1. The number of alkyl carbamates (subject to hydrolysis) is 1. The second kappa shape index (κ2) is 10.1. The smallest absolute Gasteiger partial charge is 0.407 e. The number of ether oxygens (including phenoxy) is 3. The van der Waals surface area contributed by atoms with E-state index in [1.807, 2.05) is 24.3 Å². The number of nitrogens with zero attached hydrogens (tertiary/aromatic N) is 1. The minimum absolute atomic E-state index is 0.0129. The average Bonchev–Trinajstić information content (AvgIpc) is 3.49. The maximum absolute atomic E-state index is 12.8. The lowest BCUT2D eigenvalue weighted by molar-refractivity contribution is -0.160. The molecule has 3 atom stereocenters. The fourth-order valence-electron chi connectivity index (χ4n) is 5.12. The predicted molar refractivity (Wildman–Crippen MR) is 125 cm³/mol. The molecule has 2 heterocycles. The summed E-state index contributed by atoms with van der Waals surface area (Å²) in [5.41, 5.74) is 4.63. The summed E-state index contributed by atoms with van der Waals surface area (Å²) >= 11 is 0. The fourth-order valence-corrected chi connectivity index (χ4v) is 5.12. The predicted octanol–water partition coefficient (Wildman–Crippen LogP) is 2.24. The highest BCUT2D eigenvalue weighted by Gasteiger charge is 2.37. The highest BCUT2D eigenvalue weighted by molar-refractivity contribution is 5.81. The molecule has 2 amide bonds. The number of carbonyl (C=O) groups is 3. The number of morpholine rings is 1. The Morgan fingerprint density at radius 1 is 1.03 bits per heavy atom. The molecule has 2 aliphatic heterocycles. The van der Waals surface area contributed by atoms with E-state index in [-0.39, 0.29) is 56.8 Å². The summed E-state index contributed by atoms with van der Waals surface area (Å²) in [5.74, 6) is -1.59. The van der Waals surface area contributed by atoms with E-state index in [0.29, 0.717) is 13.0 Å². The van der Waals surface area contributed by atoms with Gasteiger partial charge in [-0.3, -0.25) is 4.79 Å². The Kier molecular flexibility index (Phi) is 6.70. The van der Waals surface area contributed by atoms with Crippen molar-refractivity contribution in [3.63, 3.8) is 0 Å². The summed E-state index contributed by atoms with van der Waals surface area (Å²) in [7, 11) is 0. The van der Waals surface area contributed by atoms with Crippen LogP contribution in [-0.2, 0) is 23.8 Å². The van der Waals surface area contributed by atoms with E-state index in [9.17, 15) is 14.4 Å². The zero-order valence-corrected chi connectivity index (χ0v) is 19.2. The normalized spacial score (nSPS) is 23.4. The number of benzene rings is 2. The molecule has 3 unspecified atom stereocenters. The Hall–Kier alpha value is -3.43. The standard InChI is InChI=1S/C26H28N2O7/c29-24(28-9-10-33-23(13-28)25(30)31)16-11-17(34-14-16)12-27-26(32)35-15-22-20-7-3-1-5-18(20)19-6-2-4-8-21(19)22/h1-8,16-17,22-23H,9-15H2,(H,27,32)(H,30,31). The molecule has 5 rings (SSSR count). The van der Waals surface area contributed by atoms with E-state index in [1.54, 1.807) is 0 Å². The van der Waals surface area contributed by atoms with Crippen molar-refractivity contribution in [1.82, 2.24) is 10.2 Å². The summed E-state index contributed by atoms with van der Waals surface area (Å²) in [6.45, 7) is 1.30. The summed E-state index contributed by atoms with van der Waals surface area (Å²) in [6, 6.07) is 16.3. The zero-order chi connectivity index (χ0) is 24.4. The topological polar surface area (TPSA) is 114 Å². The Morgan fingerprint density at radius 3 is 2.40 bits per heavy atom. The van der Waals surface area contributed by atoms with Crippen LogP contribution in [0.4, 0.5) is 4.79 Å². The van der Waals surface area contributed by atoms with Gasteiger partial charge >= 0.3 is 12.1 Å². The highest BCUT2D eigenvalue weighted by atomic mass is 16.5. The van der Waals surface area contributed by atoms with Crippen molar-refractivity contribution in [2.24, 2.45) is 5.92 Å². The number of hydrogen-bond donors (Lipinski definition) is 2. The minimum Gasteiger partial charge on any atom is -0.479 e. The maximum atomic E-state index is 12.8. The number of aliphatic carboxylic acids is 1. The summed E-state index contributed by atoms with van der Waals surface area (Å²) in [6.07, 6.45) is -1.37. The lowest BCUT2D eigenvalue weighted by Gasteiger charge is -2.32. The number of carboxylic acid groups (broad SMARTS) is 1. The molecule has 0 saturated carbocycles. The van der Waals surface area contributed by atoms with Gasteiger partial charge in [-0.1, -0.05) is 48.5 Å². The van der Waals surface area contributed by atoms with Crippen molar-refractivity contribution in [2.45, 2.75) is 24.5 Å². The molecule has 2 N–H and O–H groups in total. The second-order valence-electron chi connectivity index (χ2n) is 9.08. The van der Waals surface area contributed by atoms with Crippen LogP contribution in [0, 0.1) is 5.92 Å². The van der Waals surface area contributed by atoms with Gasteiger partial charge in [0.05, 0.1) is 31.8 Å². The molecule has 2 saturated heterocycles. The molecule has 9 heteroatoms. The molecule has 2 fully saturated rings. The Bertz CT molecular complexity index is 1070. The van der Waals surface area contributed by atoms with Gasteiger partial charge in [-0.25, -0.2) is 9.59 Å². The third-order valence-electron chi connectivity index (χ3n) is 6.90. The van der Waals surface area contributed by atoms with Crippen LogP contribution in [0.5, 0.6) is 0 Å². The van der Waals surface area contributed by atoms with Crippen LogP contribution in [0.2, 0.25) is 0 Å². The fraction of sp³-hybridized carbons (Fsp3) is 0.423. The highest BCUT2D eigenvalue weighted by Crippen LogP contribution is 2.44. The van der Waals surface area contributed by atoms with Gasteiger partial charge in [-0.2, -0.15) is 0 Å². The third-order valence-corrected chi connectivity index (χ3v) is 6.90. The number of carboxylic acids is 1. The van der Waals surface area contributed by atoms with Gasteiger partial charge in [-0.05, 0) is 28.7 Å². The van der Waals surface area contributed by atoms with Crippen molar-refractivity contribution in [3.8, 4) is 11.1 Å². The monoisotopic (exact) mass is 480 g/mol. The Labute approximate surface area is 203 Å². The molecule has 184 valence electrons. The molecule has 35 heavy (non-hydrogen) atoms. The Morgan fingerprint density at radius 2 is 1.71 bits per heavy atom. The molecule has 1 aliphatic carbocycles. The lowest BCUT2D eigenvalue weighted by Crippen LogP contribution is -2.50. The van der Waals surface area contributed by atoms with Crippen molar-refractivity contribution in [3.05, 3.63) is 59.7 Å². The quantitative estimate of drug-likeness (QED) is 0.652. The van der Waals surface area contributed by atoms with E-state index >= 15 is 0 Å². The number of carbonyl (C=O) groups excluding carboxylic acids is 2. The van der Waals surface area contributed by atoms with Crippen molar-refractivity contribution >= 4 is 18.0 Å². The molecule has 3 aliphatic rings. The number of rotatable bonds is 6.